The molecule has 0 aromatic heterocycles. The molecule has 0 radical (unpaired) electrons. The van der Waals surface area contributed by atoms with Crippen molar-refractivity contribution in [1.82, 2.24) is 5.32 Å². The zero-order valence-electron chi connectivity index (χ0n) is 14.7. The Kier molecular flexibility index (Phi) is 6.32. The number of rotatable bonds is 5. The summed E-state index contributed by atoms with van der Waals surface area (Å²) < 4.78 is 5.95. The number of hydrogen-bond donors (Lipinski definition) is 1. The number of nitrogens with one attached hydrogen (secondary N) is 1. The van der Waals surface area contributed by atoms with Crippen molar-refractivity contribution in [2.45, 2.75) is 25.5 Å². The fourth-order valence-electron chi connectivity index (χ4n) is 3.38. The normalized spacial score (nSPS) is 16.1. The smallest absolute Gasteiger partial charge is 0.120 e. The van der Waals surface area contributed by atoms with Crippen LogP contribution in [0.15, 0.2) is 78.9 Å². The Morgan fingerprint density at radius 2 is 1.65 bits per heavy atom. The minimum Gasteiger partial charge on any atom is -0.489 e. The molecule has 1 N–H and O–H groups in total. The summed E-state index contributed by atoms with van der Waals surface area (Å²) in [6, 6.07) is 28.0. The Morgan fingerprint density at radius 1 is 0.846 bits per heavy atom. The van der Waals surface area contributed by atoms with Crippen LogP contribution in [0.4, 0.5) is 0 Å². The topological polar surface area (TPSA) is 21.3 Å². The second kappa shape index (κ2) is 8.88. The maximum Gasteiger partial charge on any atom is 0.120 e. The SMILES string of the molecule is Cl.c1ccc(COc2cccc(-c3ccc(C4CCCN4)cc3)c2)cc1. The molecule has 1 saturated heterocycles. The summed E-state index contributed by atoms with van der Waals surface area (Å²) in [5.74, 6) is 0.905. The van der Waals surface area contributed by atoms with Gasteiger partial charge in [-0.3, -0.25) is 0 Å². The fourth-order valence-corrected chi connectivity index (χ4v) is 3.38. The molecule has 1 unspecified atom stereocenters. The third-order valence-electron chi connectivity index (χ3n) is 4.79. The van der Waals surface area contributed by atoms with Gasteiger partial charge in [0.05, 0.1) is 0 Å². The van der Waals surface area contributed by atoms with Crippen LogP contribution in [-0.2, 0) is 6.61 Å². The van der Waals surface area contributed by atoms with Crippen molar-refractivity contribution in [2.24, 2.45) is 0 Å². The first-order valence-electron chi connectivity index (χ1n) is 8.99. The highest BCUT2D eigenvalue weighted by molar-refractivity contribution is 5.85. The van der Waals surface area contributed by atoms with Crippen LogP contribution in [0.5, 0.6) is 5.75 Å². The van der Waals surface area contributed by atoms with Crippen molar-refractivity contribution in [3.05, 3.63) is 90.0 Å². The first-order chi connectivity index (χ1) is 12.4. The summed E-state index contributed by atoms with van der Waals surface area (Å²) in [7, 11) is 0. The average Bonchev–Trinajstić information content (AvgIpc) is 3.22. The highest BCUT2D eigenvalue weighted by Gasteiger charge is 2.15. The molecule has 0 amide bonds. The van der Waals surface area contributed by atoms with Gasteiger partial charge in [-0.25, -0.2) is 0 Å². The van der Waals surface area contributed by atoms with E-state index in [1.54, 1.807) is 0 Å². The molecule has 1 heterocycles. The molecular formula is C23H24ClNO. The van der Waals surface area contributed by atoms with Crippen molar-refractivity contribution in [3.63, 3.8) is 0 Å². The predicted octanol–water partition coefficient (Wildman–Crippen LogP) is 5.78. The molecule has 0 aliphatic carbocycles. The summed E-state index contributed by atoms with van der Waals surface area (Å²) in [6.45, 7) is 1.73. The van der Waals surface area contributed by atoms with Gasteiger partial charge in [0.1, 0.15) is 12.4 Å². The van der Waals surface area contributed by atoms with Crippen molar-refractivity contribution < 1.29 is 4.74 Å². The fraction of sp³-hybridized carbons (Fsp3) is 0.217. The lowest BCUT2D eigenvalue weighted by Crippen LogP contribution is -2.12. The second-order valence-corrected chi connectivity index (χ2v) is 6.57. The van der Waals surface area contributed by atoms with E-state index in [2.05, 4.69) is 59.9 Å². The molecule has 26 heavy (non-hydrogen) atoms. The van der Waals surface area contributed by atoms with Crippen LogP contribution in [0.3, 0.4) is 0 Å². The van der Waals surface area contributed by atoms with Crippen LogP contribution in [0.25, 0.3) is 11.1 Å². The molecule has 4 rings (SSSR count). The molecule has 1 aliphatic rings. The molecule has 3 aromatic carbocycles. The van der Waals surface area contributed by atoms with Crippen molar-refractivity contribution in [2.75, 3.05) is 6.54 Å². The minimum absolute atomic E-state index is 0. The average molecular weight is 366 g/mol. The summed E-state index contributed by atoms with van der Waals surface area (Å²) >= 11 is 0. The van der Waals surface area contributed by atoms with Gasteiger partial charge in [-0.1, -0.05) is 66.7 Å². The van der Waals surface area contributed by atoms with Crippen LogP contribution >= 0.6 is 12.4 Å². The Morgan fingerprint density at radius 3 is 2.38 bits per heavy atom. The van der Waals surface area contributed by atoms with Crippen molar-refractivity contribution in [3.8, 4) is 16.9 Å². The van der Waals surface area contributed by atoms with E-state index in [0.29, 0.717) is 12.6 Å². The molecule has 1 fully saturated rings. The molecule has 0 saturated carbocycles. The lowest BCUT2D eigenvalue weighted by Gasteiger charge is -2.12. The zero-order valence-corrected chi connectivity index (χ0v) is 15.5. The lowest BCUT2D eigenvalue weighted by atomic mass is 10.00. The monoisotopic (exact) mass is 365 g/mol. The predicted molar refractivity (Wildman–Crippen MR) is 110 cm³/mol. The molecule has 134 valence electrons. The van der Waals surface area contributed by atoms with Gasteiger partial charge in [-0.15, -0.1) is 12.4 Å². The van der Waals surface area contributed by atoms with E-state index >= 15 is 0 Å². The first kappa shape index (κ1) is 18.5. The van der Waals surface area contributed by atoms with Gasteiger partial charge in [-0.05, 0) is 53.8 Å². The molecule has 3 aromatic rings. The maximum atomic E-state index is 5.95. The number of benzene rings is 3. The molecular weight excluding hydrogens is 342 g/mol. The third-order valence-corrected chi connectivity index (χ3v) is 4.79. The van der Waals surface area contributed by atoms with Gasteiger partial charge in [0.2, 0.25) is 0 Å². The second-order valence-electron chi connectivity index (χ2n) is 6.57. The van der Waals surface area contributed by atoms with Crippen LogP contribution < -0.4 is 10.1 Å². The summed E-state index contributed by atoms with van der Waals surface area (Å²) in [4.78, 5) is 0. The molecule has 2 nitrogen and oxygen atoms in total. The zero-order chi connectivity index (χ0) is 16.9. The number of ether oxygens (including phenoxy) is 1. The quantitative estimate of drug-likeness (QED) is 0.618. The Balaban J connectivity index is 0.00000196. The lowest BCUT2D eigenvalue weighted by molar-refractivity contribution is 0.306. The van der Waals surface area contributed by atoms with E-state index in [1.165, 1.54) is 35.1 Å². The highest BCUT2D eigenvalue weighted by atomic mass is 35.5. The largest absolute Gasteiger partial charge is 0.489 e. The van der Waals surface area contributed by atoms with E-state index < -0.39 is 0 Å². The first-order valence-corrected chi connectivity index (χ1v) is 8.99. The van der Waals surface area contributed by atoms with Crippen LogP contribution in [0.2, 0.25) is 0 Å². The van der Waals surface area contributed by atoms with Gasteiger partial charge in [0.25, 0.3) is 0 Å². The molecule has 0 bridgehead atoms. The van der Waals surface area contributed by atoms with E-state index in [9.17, 15) is 0 Å². The highest BCUT2D eigenvalue weighted by Crippen LogP contribution is 2.28. The van der Waals surface area contributed by atoms with Crippen LogP contribution in [-0.4, -0.2) is 6.54 Å². The molecule has 1 aliphatic heterocycles. The van der Waals surface area contributed by atoms with Gasteiger partial charge < -0.3 is 10.1 Å². The Bertz CT molecular complexity index is 811. The number of halogens is 1. The Labute approximate surface area is 161 Å². The van der Waals surface area contributed by atoms with Gasteiger partial charge in [0, 0.05) is 6.04 Å². The van der Waals surface area contributed by atoms with Crippen molar-refractivity contribution >= 4 is 12.4 Å². The maximum absolute atomic E-state index is 5.95. The van der Waals surface area contributed by atoms with E-state index in [1.807, 2.05) is 24.3 Å². The Hall–Kier alpha value is -2.29. The van der Waals surface area contributed by atoms with Crippen molar-refractivity contribution in [1.29, 1.82) is 0 Å². The van der Waals surface area contributed by atoms with E-state index in [4.69, 9.17) is 4.74 Å². The van der Waals surface area contributed by atoms with Crippen LogP contribution in [0, 0.1) is 0 Å². The standard InChI is InChI=1S/C23H23NO.ClH/c1-2-6-18(7-3-1)17-25-22-9-4-8-21(16-22)19-11-13-20(14-12-19)23-10-5-15-24-23;/h1-4,6-9,11-14,16,23-24H,5,10,15,17H2;1H. The number of hydrogen-bond acceptors (Lipinski definition) is 2. The van der Waals surface area contributed by atoms with Crippen LogP contribution in [0.1, 0.15) is 30.0 Å². The van der Waals surface area contributed by atoms with Gasteiger partial charge in [-0.2, -0.15) is 0 Å². The van der Waals surface area contributed by atoms with E-state index in [0.717, 1.165) is 12.3 Å². The summed E-state index contributed by atoms with van der Waals surface area (Å²) in [5, 5.41) is 3.55. The molecule has 0 spiro atoms. The molecule has 3 heteroatoms. The third kappa shape index (κ3) is 4.46. The van der Waals surface area contributed by atoms with E-state index in [-0.39, 0.29) is 12.4 Å². The minimum atomic E-state index is 0. The van der Waals surface area contributed by atoms with Gasteiger partial charge in [0.15, 0.2) is 0 Å². The summed E-state index contributed by atoms with van der Waals surface area (Å²) in [5.41, 5.74) is 4.99. The summed E-state index contributed by atoms with van der Waals surface area (Å²) in [6.07, 6.45) is 2.51. The molecule has 1 atom stereocenters. The van der Waals surface area contributed by atoms with Gasteiger partial charge >= 0.3 is 0 Å².